The van der Waals surface area contributed by atoms with Gasteiger partial charge in [-0.1, -0.05) is 28.1 Å². The summed E-state index contributed by atoms with van der Waals surface area (Å²) in [5.74, 6) is 0.229. The van der Waals surface area contributed by atoms with Gasteiger partial charge in [0, 0.05) is 10.5 Å². The number of amides is 1. The van der Waals surface area contributed by atoms with E-state index in [1.807, 2.05) is 31.2 Å². The number of benzene rings is 2. The Hall–Kier alpha value is -2.42. The van der Waals surface area contributed by atoms with Gasteiger partial charge >= 0.3 is 0 Å². The summed E-state index contributed by atoms with van der Waals surface area (Å²) < 4.78 is 6.34. The predicted octanol–water partition coefficient (Wildman–Crippen LogP) is 2.61. The van der Waals surface area contributed by atoms with Crippen LogP contribution in [0.4, 0.5) is 0 Å². The van der Waals surface area contributed by atoms with Gasteiger partial charge in [0.05, 0.1) is 12.8 Å². The molecule has 1 aliphatic rings. The van der Waals surface area contributed by atoms with Crippen LogP contribution in [0.5, 0.6) is 11.5 Å². The van der Waals surface area contributed by atoms with Crippen LogP contribution in [-0.2, 0) is 4.79 Å². The van der Waals surface area contributed by atoms with E-state index < -0.39 is 0 Å². The SMILES string of the molecule is CCOc1cc(/C=N/NC(=O)C2CC(c3ccc(Br)cc3)NN2)ccc1O. The van der Waals surface area contributed by atoms with E-state index in [4.69, 9.17) is 4.74 Å². The zero-order valence-electron chi connectivity index (χ0n) is 14.8. The molecule has 2 aromatic rings. The van der Waals surface area contributed by atoms with Crippen molar-refractivity contribution in [3.63, 3.8) is 0 Å². The minimum absolute atomic E-state index is 0.0590. The van der Waals surface area contributed by atoms with Gasteiger partial charge in [-0.15, -0.1) is 0 Å². The van der Waals surface area contributed by atoms with Crippen LogP contribution in [0, 0.1) is 0 Å². The highest BCUT2D eigenvalue weighted by Crippen LogP contribution is 2.26. The lowest BCUT2D eigenvalue weighted by atomic mass is 10.0. The molecule has 7 nitrogen and oxygen atoms in total. The van der Waals surface area contributed by atoms with Gasteiger partial charge in [-0.3, -0.25) is 4.79 Å². The van der Waals surface area contributed by atoms with Crippen molar-refractivity contribution in [3.8, 4) is 11.5 Å². The topological polar surface area (TPSA) is 95.0 Å². The van der Waals surface area contributed by atoms with Gasteiger partial charge in [0.1, 0.15) is 6.04 Å². The summed E-state index contributed by atoms with van der Waals surface area (Å²) in [6.07, 6.45) is 2.13. The van der Waals surface area contributed by atoms with Crippen LogP contribution in [0.25, 0.3) is 0 Å². The van der Waals surface area contributed by atoms with Crippen molar-refractivity contribution in [1.82, 2.24) is 16.3 Å². The summed E-state index contributed by atoms with van der Waals surface area (Å²) in [5, 5.41) is 13.7. The molecule has 0 radical (unpaired) electrons. The molecule has 0 aliphatic carbocycles. The number of phenolic OH excluding ortho intramolecular Hbond substituents is 1. The number of halogens is 1. The summed E-state index contributed by atoms with van der Waals surface area (Å²) >= 11 is 3.42. The summed E-state index contributed by atoms with van der Waals surface area (Å²) in [6.45, 7) is 2.29. The smallest absolute Gasteiger partial charge is 0.258 e. The van der Waals surface area contributed by atoms with Crippen molar-refractivity contribution in [1.29, 1.82) is 0 Å². The fourth-order valence-electron chi connectivity index (χ4n) is 2.77. The lowest BCUT2D eigenvalue weighted by Crippen LogP contribution is -2.41. The highest BCUT2D eigenvalue weighted by atomic mass is 79.9. The Labute approximate surface area is 165 Å². The second kappa shape index (κ2) is 8.98. The second-order valence-corrected chi connectivity index (χ2v) is 6.99. The monoisotopic (exact) mass is 432 g/mol. The fourth-order valence-corrected chi connectivity index (χ4v) is 3.04. The molecule has 0 bridgehead atoms. The lowest BCUT2D eigenvalue weighted by Gasteiger charge is -2.09. The van der Waals surface area contributed by atoms with Gasteiger partial charge in [-0.2, -0.15) is 5.10 Å². The Morgan fingerprint density at radius 3 is 2.85 bits per heavy atom. The zero-order chi connectivity index (χ0) is 19.2. The molecule has 142 valence electrons. The van der Waals surface area contributed by atoms with Crippen molar-refractivity contribution in [2.75, 3.05) is 6.61 Å². The first kappa shape index (κ1) is 19.3. The highest BCUT2D eigenvalue weighted by molar-refractivity contribution is 9.10. The Morgan fingerprint density at radius 1 is 1.33 bits per heavy atom. The van der Waals surface area contributed by atoms with E-state index in [1.165, 1.54) is 12.3 Å². The molecule has 2 atom stereocenters. The number of aromatic hydroxyl groups is 1. The maximum atomic E-state index is 12.3. The maximum Gasteiger partial charge on any atom is 0.258 e. The number of nitrogens with zero attached hydrogens (tertiary/aromatic N) is 1. The molecule has 1 heterocycles. The molecule has 1 amide bonds. The maximum absolute atomic E-state index is 12.3. The zero-order valence-corrected chi connectivity index (χ0v) is 16.4. The number of ether oxygens (including phenoxy) is 1. The molecule has 2 unspecified atom stereocenters. The second-order valence-electron chi connectivity index (χ2n) is 6.08. The van der Waals surface area contributed by atoms with Gasteiger partial charge < -0.3 is 9.84 Å². The number of carbonyl (C=O) groups excluding carboxylic acids is 1. The first-order valence-electron chi connectivity index (χ1n) is 8.62. The fraction of sp³-hybridized carbons (Fsp3) is 0.263. The number of rotatable bonds is 6. The van der Waals surface area contributed by atoms with Crippen molar-refractivity contribution in [3.05, 3.63) is 58.1 Å². The molecule has 1 saturated heterocycles. The largest absolute Gasteiger partial charge is 0.504 e. The van der Waals surface area contributed by atoms with Gasteiger partial charge in [0.25, 0.3) is 5.91 Å². The highest BCUT2D eigenvalue weighted by Gasteiger charge is 2.29. The number of hydrazine groups is 1. The third-order valence-corrected chi connectivity index (χ3v) is 4.69. The molecule has 1 fully saturated rings. The molecule has 27 heavy (non-hydrogen) atoms. The quantitative estimate of drug-likeness (QED) is 0.415. The van der Waals surface area contributed by atoms with Crippen molar-refractivity contribution in [2.24, 2.45) is 5.10 Å². The molecule has 0 saturated carbocycles. The van der Waals surface area contributed by atoms with Crippen LogP contribution >= 0.6 is 15.9 Å². The standard InChI is InChI=1S/C19H21BrN4O3/c1-2-27-18-9-12(3-8-17(18)25)11-21-24-19(26)16-10-15(22-23-16)13-4-6-14(20)7-5-13/h3-9,11,15-16,22-23,25H,2,10H2,1H3,(H,24,26)/b21-11+. The van der Waals surface area contributed by atoms with Crippen molar-refractivity contribution in [2.45, 2.75) is 25.4 Å². The molecule has 4 N–H and O–H groups in total. The van der Waals surface area contributed by atoms with Gasteiger partial charge in [0.15, 0.2) is 11.5 Å². The number of hydrazone groups is 1. The molecular formula is C19H21BrN4O3. The van der Waals surface area contributed by atoms with E-state index in [9.17, 15) is 9.90 Å². The van der Waals surface area contributed by atoms with E-state index in [1.54, 1.807) is 12.1 Å². The molecule has 2 aromatic carbocycles. The summed E-state index contributed by atoms with van der Waals surface area (Å²) in [6, 6.07) is 12.5. The van der Waals surface area contributed by atoms with Crippen LogP contribution in [-0.4, -0.2) is 29.9 Å². The predicted molar refractivity (Wildman–Crippen MR) is 107 cm³/mol. The first-order valence-corrected chi connectivity index (χ1v) is 9.41. The number of phenols is 1. The third-order valence-electron chi connectivity index (χ3n) is 4.16. The molecular weight excluding hydrogens is 412 g/mol. The van der Waals surface area contributed by atoms with Gasteiger partial charge in [-0.25, -0.2) is 16.3 Å². The minimum Gasteiger partial charge on any atom is -0.504 e. The Balaban J connectivity index is 1.54. The normalized spacial score (nSPS) is 19.3. The van der Waals surface area contributed by atoms with E-state index in [0.717, 1.165) is 10.0 Å². The average molecular weight is 433 g/mol. The first-order chi connectivity index (χ1) is 13.1. The number of carbonyl (C=O) groups is 1. The molecule has 1 aliphatic heterocycles. The van der Waals surface area contributed by atoms with Crippen LogP contribution in [0.15, 0.2) is 52.0 Å². The summed E-state index contributed by atoms with van der Waals surface area (Å²) in [5.41, 5.74) is 10.5. The number of hydrogen-bond acceptors (Lipinski definition) is 6. The van der Waals surface area contributed by atoms with Gasteiger partial charge in [-0.05, 0) is 54.8 Å². The number of nitrogens with one attached hydrogen (secondary N) is 3. The molecule has 0 aromatic heterocycles. The van der Waals surface area contributed by atoms with Gasteiger partial charge in [0.2, 0.25) is 0 Å². The molecule has 8 heteroatoms. The average Bonchev–Trinajstić information content (AvgIpc) is 3.15. The Morgan fingerprint density at radius 2 is 2.11 bits per heavy atom. The van der Waals surface area contributed by atoms with E-state index in [2.05, 4.69) is 37.3 Å². The van der Waals surface area contributed by atoms with Crippen molar-refractivity contribution >= 4 is 28.1 Å². The molecule has 0 spiro atoms. The van der Waals surface area contributed by atoms with Crippen LogP contribution < -0.4 is 21.0 Å². The Kier molecular flexibility index (Phi) is 6.44. The van der Waals surface area contributed by atoms with E-state index >= 15 is 0 Å². The van der Waals surface area contributed by atoms with E-state index in [0.29, 0.717) is 24.3 Å². The lowest BCUT2D eigenvalue weighted by molar-refractivity contribution is -0.122. The van der Waals surface area contributed by atoms with Crippen molar-refractivity contribution < 1.29 is 14.6 Å². The minimum atomic E-state index is -0.380. The summed E-state index contributed by atoms with van der Waals surface area (Å²) in [4.78, 5) is 12.3. The van der Waals surface area contributed by atoms with Crippen LogP contribution in [0.3, 0.4) is 0 Å². The van der Waals surface area contributed by atoms with Crippen LogP contribution in [0.2, 0.25) is 0 Å². The van der Waals surface area contributed by atoms with Crippen LogP contribution in [0.1, 0.15) is 30.5 Å². The molecule has 3 rings (SSSR count). The van der Waals surface area contributed by atoms with E-state index in [-0.39, 0.29) is 23.7 Å². The Bertz CT molecular complexity index is 826. The number of hydrogen-bond donors (Lipinski definition) is 4. The summed E-state index contributed by atoms with van der Waals surface area (Å²) in [7, 11) is 0. The third kappa shape index (κ3) is 5.06.